The molecule has 0 spiro atoms. The van der Waals surface area contributed by atoms with E-state index < -0.39 is 0 Å². The van der Waals surface area contributed by atoms with E-state index in [1.807, 2.05) is 0 Å². The Kier molecular flexibility index (Phi) is 11.2. The van der Waals surface area contributed by atoms with Gasteiger partial charge in [0.25, 0.3) is 0 Å². The molecule has 0 aliphatic heterocycles. The molecule has 8 rings (SSSR count). The Balaban J connectivity index is 1.51. The van der Waals surface area contributed by atoms with Gasteiger partial charge < -0.3 is 9.80 Å². The summed E-state index contributed by atoms with van der Waals surface area (Å²) in [5, 5.41) is 7.39. The molecule has 328 valence electrons. The van der Waals surface area contributed by atoms with Crippen LogP contribution in [0.4, 0.5) is 34.1 Å². The highest BCUT2D eigenvalue weighted by Crippen LogP contribution is 2.49. The van der Waals surface area contributed by atoms with E-state index in [1.165, 1.54) is 111 Å². The van der Waals surface area contributed by atoms with E-state index in [1.54, 1.807) is 0 Å². The minimum atomic E-state index is -0.0184. The molecule has 2 nitrogen and oxygen atoms in total. The van der Waals surface area contributed by atoms with Crippen molar-refractivity contribution >= 4 is 66.4 Å². The van der Waals surface area contributed by atoms with Crippen LogP contribution in [0.5, 0.6) is 0 Å². The number of hydrogen-bond acceptors (Lipinski definition) is 2. The van der Waals surface area contributed by atoms with Crippen molar-refractivity contribution in [1.82, 2.24) is 0 Å². The lowest BCUT2D eigenvalue weighted by atomic mass is 9.84. The molecule has 8 aromatic carbocycles. The fourth-order valence-corrected chi connectivity index (χ4v) is 9.44. The van der Waals surface area contributed by atoms with Crippen LogP contribution in [0.2, 0.25) is 0 Å². The Bertz CT molecular complexity index is 2740. The first kappa shape index (κ1) is 44.7. The van der Waals surface area contributed by atoms with Gasteiger partial charge in [0.05, 0.1) is 11.4 Å². The molecule has 0 fully saturated rings. The van der Waals surface area contributed by atoms with Gasteiger partial charge in [-0.05, 0) is 176 Å². The summed E-state index contributed by atoms with van der Waals surface area (Å²) in [5.41, 5.74) is 17.3. The fourth-order valence-electron chi connectivity index (χ4n) is 9.44. The molecule has 0 aromatic heterocycles. The monoisotopic (exact) mass is 843 g/mol. The third-order valence-electron chi connectivity index (χ3n) is 13.1. The Morgan fingerprint density at radius 3 is 0.734 bits per heavy atom. The molecule has 0 radical (unpaired) electrons. The van der Waals surface area contributed by atoms with Gasteiger partial charge in [0.15, 0.2) is 0 Å². The average molecular weight is 843 g/mol. The largest absolute Gasteiger partial charge is 0.310 e. The van der Waals surface area contributed by atoms with E-state index in [-0.39, 0.29) is 21.7 Å². The summed E-state index contributed by atoms with van der Waals surface area (Å²) in [4.78, 5) is 5.09. The first-order valence-corrected chi connectivity index (χ1v) is 23.3. The van der Waals surface area contributed by atoms with Crippen LogP contribution < -0.4 is 9.80 Å². The van der Waals surface area contributed by atoms with E-state index in [0.717, 1.165) is 0 Å². The Morgan fingerprint density at radius 2 is 0.500 bits per heavy atom. The number of aryl methyl sites for hydroxylation is 4. The predicted octanol–water partition coefficient (Wildman–Crippen LogP) is 18.5. The topological polar surface area (TPSA) is 6.48 Å². The van der Waals surface area contributed by atoms with Gasteiger partial charge in [-0.3, -0.25) is 0 Å². The second-order valence-corrected chi connectivity index (χ2v) is 22.9. The minimum absolute atomic E-state index is 0.0184. The van der Waals surface area contributed by atoms with Crippen molar-refractivity contribution in [2.75, 3.05) is 9.80 Å². The van der Waals surface area contributed by atoms with E-state index in [9.17, 15) is 0 Å². The number of hydrogen-bond donors (Lipinski definition) is 0. The van der Waals surface area contributed by atoms with Crippen LogP contribution in [-0.4, -0.2) is 0 Å². The summed E-state index contributed by atoms with van der Waals surface area (Å²) in [5.74, 6) is 0. The quantitative estimate of drug-likeness (QED) is 0.154. The normalized spacial score (nSPS) is 12.7. The van der Waals surface area contributed by atoms with Crippen LogP contribution in [0.25, 0.3) is 32.3 Å². The highest BCUT2D eigenvalue weighted by Gasteiger charge is 2.27. The smallest absolute Gasteiger partial charge is 0.0546 e. The maximum atomic E-state index is 2.54. The molecule has 64 heavy (non-hydrogen) atoms. The molecule has 8 aromatic rings. The summed E-state index contributed by atoms with van der Waals surface area (Å²) < 4.78 is 0. The number of anilines is 6. The van der Waals surface area contributed by atoms with Gasteiger partial charge in [0, 0.05) is 33.5 Å². The second-order valence-electron chi connectivity index (χ2n) is 22.9. The number of fused-ring (bicyclic) bond motifs is 5. The third kappa shape index (κ3) is 8.69. The second kappa shape index (κ2) is 16.0. The SMILES string of the molecule is Cc1cc(N(c2cc(C)cc(C(C)(C)C)c2)c2cc3c4ccccc4c(N(c4cc(C)cc(C(C)(C)C)c4)c4cc(C)cc(C(C)(C)C)c4)cc3c3ccccc23)cc(C(C)(C)C)c1. The molecule has 0 aliphatic carbocycles. The molecular formula is C62H70N2. The van der Waals surface area contributed by atoms with Crippen LogP contribution in [0.3, 0.4) is 0 Å². The lowest BCUT2D eigenvalue weighted by molar-refractivity contribution is 0.589. The molecule has 0 atom stereocenters. The Labute approximate surface area is 385 Å². The first-order valence-electron chi connectivity index (χ1n) is 23.3. The maximum Gasteiger partial charge on any atom is 0.0546 e. The van der Waals surface area contributed by atoms with Gasteiger partial charge in [0.2, 0.25) is 0 Å². The van der Waals surface area contributed by atoms with Crippen LogP contribution in [-0.2, 0) is 21.7 Å². The van der Waals surface area contributed by atoms with E-state index in [4.69, 9.17) is 0 Å². The van der Waals surface area contributed by atoms with Crippen molar-refractivity contribution < 1.29 is 0 Å². The Hall–Kier alpha value is -5.86. The summed E-state index contributed by atoms with van der Waals surface area (Å²) in [6.07, 6.45) is 0. The van der Waals surface area contributed by atoms with Crippen molar-refractivity contribution in [2.45, 2.75) is 132 Å². The van der Waals surface area contributed by atoms with Gasteiger partial charge >= 0.3 is 0 Å². The molecule has 0 N–H and O–H groups in total. The lowest BCUT2D eigenvalue weighted by Crippen LogP contribution is -2.17. The number of rotatable bonds is 6. The minimum Gasteiger partial charge on any atom is -0.310 e. The van der Waals surface area contributed by atoms with Gasteiger partial charge in [0.1, 0.15) is 0 Å². The van der Waals surface area contributed by atoms with Crippen LogP contribution >= 0.6 is 0 Å². The molecule has 0 saturated carbocycles. The molecule has 0 unspecified atom stereocenters. The standard InChI is InChI=1S/C62H70N2/c1-39-25-43(59(5,6)7)33-47(29-39)63(48-30-40(2)26-44(34-48)60(8,9)10)57-37-55-52-22-18-20-24-54(52)58(38-56(55)51-21-17-19-23-53(51)57)64(49-31-41(3)27-45(35-49)61(11,12)13)50-32-42(4)28-46(36-50)62(14,15)16/h17-38H,1-16H3. The molecule has 0 amide bonds. The van der Waals surface area contributed by atoms with Gasteiger partial charge in [-0.25, -0.2) is 0 Å². The van der Waals surface area contributed by atoms with Crippen molar-refractivity contribution in [3.63, 3.8) is 0 Å². The molecule has 0 aliphatic rings. The highest BCUT2D eigenvalue weighted by molar-refractivity contribution is 6.24. The zero-order chi connectivity index (χ0) is 46.3. The van der Waals surface area contributed by atoms with Crippen molar-refractivity contribution in [2.24, 2.45) is 0 Å². The average Bonchev–Trinajstić information content (AvgIpc) is 3.19. The third-order valence-corrected chi connectivity index (χ3v) is 13.1. The molecule has 0 bridgehead atoms. The summed E-state index contributed by atoms with van der Waals surface area (Å²) >= 11 is 0. The maximum absolute atomic E-state index is 2.54. The van der Waals surface area contributed by atoms with Gasteiger partial charge in [-0.2, -0.15) is 0 Å². The summed E-state index contributed by atoms with van der Waals surface area (Å²) in [7, 11) is 0. The fraction of sp³-hybridized carbons (Fsp3) is 0.323. The molecule has 2 heteroatoms. The van der Waals surface area contributed by atoms with Crippen molar-refractivity contribution in [3.05, 3.63) is 178 Å². The Morgan fingerprint density at radius 1 is 0.266 bits per heavy atom. The zero-order valence-corrected chi connectivity index (χ0v) is 41.6. The van der Waals surface area contributed by atoms with E-state index >= 15 is 0 Å². The summed E-state index contributed by atoms with van der Waals surface area (Å²) in [6.45, 7) is 36.8. The number of benzene rings is 8. The van der Waals surface area contributed by atoms with Crippen LogP contribution in [0.15, 0.2) is 133 Å². The molecular weight excluding hydrogens is 773 g/mol. The number of nitrogens with zero attached hydrogens (tertiary/aromatic N) is 2. The van der Waals surface area contributed by atoms with Gasteiger partial charge in [-0.15, -0.1) is 0 Å². The highest BCUT2D eigenvalue weighted by atomic mass is 15.2. The van der Waals surface area contributed by atoms with E-state index in [0.29, 0.717) is 0 Å². The zero-order valence-electron chi connectivity index (χ0n) is 41.6. The molecule has 0 heterocycles. The van der Waals surface area contributed by atoms with Crippen molar-refractivity contribution in [1.29, 1.82) is 0 Å². The first-order chi connectivity index (χ1) is 29.9. The van der Waals surface area contributed by atoms with Crippen LogP contribution in [0, 0.1) is 27.7 Å². The summed E-state index contributed by atoms with van der Waals surface area (Å²) in [6, 6.07) is 51.7. The molecule has 0 saturated heterocycles. The van der Waals surface area contributed by atoms with E-state index in [2.05, 4.69) is 254 Å². The lowest BCUT2D eigenvalue weighted by Gasteiger charge is -2.33. The predicted molar refractivity (Wildman–Crippen MR) is 282 cm³/mol. The van der Waals surface area contributed by atoms with Crippen molar-refractivity contribution in [3.8, 4) is 0 Å². The van der Waals surface area contributed by atoms with Crippen LogP contribution in [0.1, 0.15) is 128 Å². The van der Waals surface area contributed by atoms with Gasteiger partial charge in [-0.1, -0.05) is 156 Å².